The fourth-order valence-corrected chi connectivity index (χ4v) is 3.80. The fraction of sp³-hybridized carbons (Fsp3) is 0.381. The second-order valence-corrected chi connectivity index (χ2v) is 7.44. The van der Waals surface area contributed by atoms with Crippen LogP contribution in [0, 0.1) is 6.92 Å². The van der Waals surface area contributed by atoms with Gasteiger partial charge in [-0.05, 0) is 57.1 Å². The average molecular weight is 399 g/mol. The first kappa shape index (κ1) is 19.4. The molecule has 1 N–H and O–H groups in total. The zero-order valence-electron chi connectivity index (χ0n) is 16.4. The van der Waals surface area contributed by atoms with Gasteiger partial charge >= 0.3 is 6.61 Å². The number of halogens is 2. The van der Waals surface area contributed by atoms with E-state index in [2.05, 4.69) is 32.4 Å². The van der Waals surface area contributed by atoms with Gasteiger partial charge in [0.25, 0.3) is 0 Å². The van der Waals surface area contributed by atoms with Crippen molar-refractivity contribution in [1.82, 2.24) is 20.1 Å². The lowest BCUT2D eigenvalue weighted by molar-refractivity contribution is -0.0494. The molecule has 0 amide bonds. The summed E-state index contributed by atoms with van der Waals surface area (Å²) in [5, 5.41) is 13.8. The van der Waals surface area contributed by atoms with Crippen molar-refractivity contribution in [2.24, 2.45) is 0 Å². The number of fused-ring (bicyclic) bond motifs is 1. The van der Waals surface area contributed by atoms with Crippen molar-refractivity contribution < 1.29 is 13.5 Å². The lowest BCUT2D eigenvalue weighted by Crippen LogP contribution is -2.40. The smallest absolute Gasteiger partial charge is 0.387 e. The Hall–Kier alpha value is -2.87. The van der Waals surface area contributed by atoms with E-state index in [1.165, 1.54) is 0 Å². The number of benzene rings is 1. The van der Waals surface area contributed by atoms with Gasteiger partial charge in [0.15, 0.2) is 5.82 Å². The van der Waals surface area contributed by atoms with Crippen LogP contribution in [0.5, 0.6) is 5.75 Å². The number of likely N-dealkylation sites (N-methyl/N-ethyl adjacent to an activating group) is 1. The highest BCUT2D eigenvalue weighted by Crippen LogP contribution is 2.36. The summed E-state index contributed by atoms with van der Waals surface area (Å²) < 4.78 is 30.6. The lowest BCUT2D eigenvalue weighted by atomic mass is 10.0. The lowest BCUT2D eigenvalue weighted by Gasteiger charge is -2.30. The second-order valence-electron chi connectivity index (χ2n) is 7.44. The molecule has 2 aromatic heterocycles. The SMILES string of the molecule is Cc1ccc(-c2nnc(N[C@@H]3CCCN(C)C3)c3cnccc23)c(OC(F)F)c1. The molecule has 8 heteroatoms. The van der Waals surface area contributed by atoms with Gasteiger partial charge in [-0.1, -0.05) is 6.07 Å². The summed E-state index contributed by atoms with van der Waals surface area (Å²) in [7, 11) is 2.10. The monoisotopic (exact) mass is 399 g/mol. The van der Waals surface area contributed by atoms with Crippen LogP contribution in [-0.4, -0.2) is 52.9 Å². The van der Waals surface area contributed by atoms with E-state index in [9.17, 15) is 8.78 Å². The second kappa shape index (κ2) is 8.24. The van der Waals surface area contributed by atoms with Crippen molar-refractivity contribution in [3.05, 3.63) is 42.2 Å². The summed E-state index contributed by atoms with van der Waals surface area (Å²) in [5.41, 5.74) is 1.79. The normalized spacial score (nSPS) is 17.6. The van der Waals surface area contributed by atoms with E-state index in [4.69, 9.17) is 4.74 Å². The molecule has 4 rings (SSSR count). The van der Waals surface area contributed by atoms with Crippen molar-refractivity contribution in [1.29, 1.82) is 0 Å². The summed E-state index contributed by atoms with van der Waals surface area (Å²) in [5.74, 6) is 0.739. The van der Waals surface area contributed by atoms with Gasteiger partial charge in [-0.3, -0.25) is 4.98 Å². The number of nitrogens with zero attached hydrogens (tertiary/aromatic N) is 4. The Morgan fingerprint density at radius 2 is 2.07 bits per heavy atom. The molecule has 1 aromatic carbocycles. The molecule has 152 valence electrons. The van der Waals surface area contributed by atoms with Crippen LogP contribution in [0.25, 0.3) is 22.0 Å². The number of ether oxygens (including phenoxy) is 1. The van der Waals surface area contributed by atoms with Crippen LogP contribution in [0.3, 0.4) is 0 Å². The quantitative estimate of drug-likeness (QED) is 0.697. The molecule has 1 aliphatic heterocycles. The Morgan fingerprint density at radius 3 is 2.86 bits per heavy atom. The van der Waals surface area contributed by atoms with Crippen molar-refractivity contribution >= 4 is 16.6 Å². The number of hydrogen-bond acceptors (Lipinski definition) is 6. The van der Waals surface area contributed by atoms with Gasteiger partial charge in [-0.15, -0.1) is 10.2 Å². The maximum Gasteiger partial charge on any atom is 0.387 e. The number of aryl methyl sites for hydroxylation is 1. The Morgan fingerprint density at radius 1 is 1.21 bits per heavy atom. The Labute approximate surface area is 167 Å². The van der Waals surface area contributed by atoms with Gasteiger partial charge in [0.05, 0.1) is 0 Å². The summed E-state index contributed by atoms with van der Waals surface area (Å²) in [6, 6.07) is 7.26. The number of piperidine rings is 1. The van der Waals surface area contributed by atoms with Gasteiger partial charge in [0.2, 0.25) is 0 Å². The minimum atomic E-state index is -2.92. The molecule has 0 unspecified atom stereocenters. The van der Waals surface area contributed by atoms with Crippen LogP contribution >= 0.6 is 0 Å². The number of alkyl halides is 2. The molecular weight excluding hydrogens is 376 g/mol. The molecule has 1 aliphatic rings. The highest BCUT2D eigenvalue weighted by Gasteiger charge is 2.21. The zero-order chi connectivity index (χ0) is 20.4. The number of hydrogen-bond donors (Lipinski definition) is 1. The van der Waals surface area contributed by atoms with Gasteiger partial charge in [-0.2, -0.15) is 8.78 Å². The van der Waals surface area contributed by atoms with Crippen LogP contribution in [0.1, 0.15) is 18.4 Å². The molecule has 1 fully saturated rings. The number of likely N-dealkylation sites (tertiary alicyclic amines) is 1. The van der Waals surface area contributed by atoms with Crippen LogP contribution < -0.4 is 10.1 Å². The largest absolute Gasteiger partial charge is 0.434 e. The van der Waals surface area contributed by atoms with E-state index >= 15 is 0 Å². The average Bonchev–Trinajstić information content (AvgIpc) is 2.68. The Kier molecular flexibility index (Phi) is 5.53. The van der Waals surface area contributed by atoms with Crippen molar-refractivity contribution in [2.75, 3.05) is 25.5 Å². The molecule has 3 heterocycles. The number of pyridine rings is 1. The van der Waals surface area contributed by atoms with E-state index in [0.29, 0.717) is 17.1 Å². The third kappa shape index (κ3) is 4.27. The first-order valence-electron chi connectivity index (χ1n) is 9.62. The number of nitrogens with one attached hydrogen (secondary N) is 1. The third-order valence-corrected chi connectivity index (χ3v) is 5.15. The first-order valence-corrected chi connectivity index (χ1v) is 9.62. The zero-order valence-corrected chi connectivity index (χ0v) is 16.4. The van der Waals surface area contributed by atoms with Crippen molar-refractivity contribution in [2.45, 2.75) is 32.4 Å². The summed E-state index contributed by atoms with van der Waals surface area (Å²) in [6.07, 6.45) is 5.56. The van der Waals surface area contributed by atoms with Gasteiger partial charge in [-0.25, -0.2) is 0 Å². The third-order valence-electron chi connectivity index (χ3n) is 5.15. The molecule has 1 saturated heterocycles. The van der Waals surface area contributed by atoms with Gasteiger partial charge < -0.3 is 15.0 Å². The highest BCUT2D eigenvalue weighted by molar-refractivity contribution is 6.00. The van der Waals surface area contributed by atoms with Crippen LogP contribution in [0.2, 0.25) is 0 Å². The van der Waals surface area contributed by atoms with Crippen LogP contribution in [0.4, 0.5) is 14.6 Å². The van der Waals surface area contributed by atoms with E-state index in [1.807, 2.05) is 19.1 Å². The number of anilines is 1. The summed E-state index contributed by atoms with van der Waals surface area (Å²) in [6.45, 7) is 0.922. The minimum Gasteiger partial charge on any atom is -0.434 e. The Bertz CT molecular complexity index is 1010. The highest BCUT2D eigenvalue weighted by atomic mass is 19.3. The molecule has 0 saturated carbocycles. The maximum atomic E-state index is 12.9. The topological polar surface area (TPSA) is 63.2 Å². The predicted molar refractivity (Wildman–Crippen MR) is 108 cm³/mol. The standard InChI is InChI=1S/C21H23F2N5O/c1-13-5-6-16(18(10-13)29-21(22)23)19-15-7-8-24-11-17(15)20(27-26-19)25-14-4-3-9-28(2)12-14/h5-8,10-11,14,21H,3-4,9,12H2,1-2H3,(H,25,27)/t14-/m1/s1. The molecule has 0 spiro atoms. The molecule has 3 aromatic rings. The van der Waals surface area contributed by atoms with Gasteiger partial charge in [0, 0.05) is 41.3 Å². The maximum absolute atomic E-state index is 12.9. The molecule has 29 heavy (non-hydrogen) atoms. The molecule has 6 nitrogen and oxygen atoms in total. The molecular formula is C21H23F2N5O. The summed E-state index contributed by atoms with van der Waals surface area (Å²) in [4.78, 5) is 6.51. The van der Waals surface area contributed by atoms with E-state index in [0.717, 1.165) is 42.3 Å². The molecule has 0 bridgehead atoms. The van der Waals surface area contributed by atoms with E-state index < -0.39 is 6.61 Å². The molecule has 1 atom stereocenters. The van der Waals surface area contributed by atoms with Crippen LogP contribution in [0.15, 0.2) is 36.7 Å². The summed E-state index contributed by atoms with van der Waals surface area (Å²) >= 11 is 0. The van der Waals surface area contributed by atoms with Crippen molar-refractivity contribution in [3.8, 4) is 17.0 Å². The Balaban J connectivity index is 1.76. The number of aromatic nitrogens is 3. The predicted octanol–water partition coefficient (Wildman–Crippen LogP) is 4.11. The molecule has 0 aliphatic carbocycles. The van der Waals surface area contributed by atoms with E-state index in [1.54, 1.807) is 24.5 Å². The van der Waals surface area contributed by atoms with Gasteiger partial charge in [0.1, 0.15) is 11.4 Å². The van der Waals surface area contributed by atoms with Crippen LogP contribution in [-0.2, 0) is 0 Å². The fourth-order valence-electron chi connectivity index (χ4n) is 3.80. The first-order chi connectivity index (χ1) is 14.0. The van der Waals surface area contributed by atoms with Crippen molar-refractivity contribution in [3.63, 3.8) is 0 Å². The minimum absolute atomic E-state index is 0.0852. The number of rotatable bonds is 5. The molecule has 0 radical (unpaired) electrons. The van der Waals surface area contributed by atoms with E-state index in [-0.39, 0.29) is 11.8 Å².